The molecule has 0 saturated heterocycles. The van der Waals surface area contributed by atoms with Crippen molar-refractivity contribution in [1.82, 2.24) is 10.2 Å². The third-order valence-electron chi connectivity index (χ3n) is 6.72. The van der Waals surface area contributed by atoms with E-state index in [-0.39, 0.29) is 18.7 Å². The van der Waals surface area contributed by atoms with Crippen LogP contribution in [0.5, 0.6) is 5.75 Å². The number of nitrogens with zero attached hydrogens (tertiary/aromatic N) is 1. The van der Waals surface area contributed by atoms with Crippen LogP contribution < -0.4 is 10.6 Å². The Hall–Kier alpha value is -4.33. The minimum Gasteiger partial charge on any atom is -0.508 e. The lowest BCUT2D eigenvalue weighted by molar-refractivity contribution is -0.140. The lowest BCUT2D eigenvalue weighted by Crippen LogP contribution is -2.53. The number of hydrogen-bond donors (Lipinski definition) is 3. The summed E-state index contributed by atoms with van der Waals surface area (Å²) < 4.78 is 5.47. The number of likely N-dealkylation sites (N-methyl/N-ethyl adjacent to an activating group) is 1. The van der Waals surface area contributed by atoms with Crippen molar-refractivity contribution >= 4 is 23.6 Å². The average molecular weight is 560 g/mol. The summed E-state index contributed by atoms with van der Waals surface area (Å²) in [4.78, 5) is 42.6. The second kappa shape index (κ2) is 13.4. The van der Waals surface area contributed by atoms with Crippen molar-refractivity contribution in [1.29, 1.82) is 0 Å². The highest BCUT2D eigenvalue weighted by Crippen LogP contribution is 2.29. The molecule has 3 amide bonds. The van der Waals surface area contributed by atoms with Crippen LogP contribution >= 0.6 is 0 Å². The van der Waals surface area contributed by atoms with Crippen LogP contribution in [0.4, 0.5) is 10.5 Å². The first kappa shape index (κ1) is 31.2. The minimum absolute atomic E-state index is 0.0885. The van der Waals surface area contributed by atoms with Crippen molar-refractivity contribution < 1.29 is 24.2 Å². The number of anilines is 1. The summed E-state index contributed by atoms with van der Waals surface area (Å²) in [6, 6.07) is 17.9. The molecule has 0 aliphatic carbocycles. The molecule has 0 aromatic heterocycles. The molecule has 0 fully saturated rings. The van der Waals surface area contributed by atoms with Crippen LogP contribution in [-0.2, 0) is 20.7 Å². The van der Waals surface area contributed by atoms with E-state index in [4.69, 9.17) is 4.74 Å². The number of phenolic OH excluding ortho intramolecular Hbond substituents is 1. The van der Waals surface area contributed by atoms with Gasteiger partial charge in [-0.05, 0) is 88.4 Å². The molecule has 218 valence electrons. The normalized spacial score (nSPS) is 12.7. The van der Waals surface area contributed by atoms with Gasteiger partial charge in [-0.2, -0.15) is 0 Å². The highest BCUT2D eigenvalue weighted by atomic mass is 16.6. The molecule has 0 heterocycles. The van der Waals surface area contributed by atoms with Crippen LogP contribution in [0, 0.1) is 20.8 Å². The summed E-state index contributed by atoms with van der Waals surface area (Å²) in [7, 11) is 0. The fourth-order valence-electron chi connectivity index (χ4n) is 4.69. The molecule has 8 heteroatoms. The first-order chi connectivity index (χ1) is 19.3. The largest absolute Gasteiger partial charge is 0.508 e. The smallest absolute Gasteiger partial charge is 0.408 e. The van der Waals surface area contributed by atoms with Crippen LogP contribution in [0.25, 0.3) is 0 Å². The molecule has 3 aromatic rings. The standard InChI is InChI=1S/C33H41N3O5/c1-8-36(31(39)26(20-24-15-10-9-11-16-24)34-32(40)41-33(5,6)7)29(25-17-18-27(37)23(4)19-25)30(38)35-28-21(2)13-12-14-22(28)3/h9-19,26,29,37H,8,20H2,1-7H3,(H,34,40)(H,35,38). The Labute approximate surface area is 242 Å². The van der Waals surface area contributed by atoms with Crippen LogP contribution in [-0.4, -0.2) is 46.1 Å². The number of hydrogen-bond acceptors (Lipinski definition) is 5. The first-order valence-electron chi connectivity index (χ1n) is 13.8. The Balaban J connectivity index is 2.05. The fourth-order valence-corrected chi connectivity index (χ4v) is 4.69. The molecule has 2 unspecified atom stereocenters. The zero-order valence-corrected chi connectivity index (χ0v) is 24.9. The molecule has 3 rings (SSSR count). The van der Waals surface area contributed by atoms with Gasteiger partial charge in [-0.3, -0.25) is 9.59 Å². The van der Waals surface area contributed by atoms with Gasteiger partial charge in [-0.25, -0.2) is 4.79 Å². The van der Waals surface area contributed by atoms with Gasteiger partial charge >= 0.3 is 6.09 Å². The number of aromatic hydroxyl groups is 1. The van der Waals surface area contributed by atoms with Gasteiger partial charge in [0.2, 0.25) is 5.91 Å². The molecule has 2 atom stereocenters. The Morgan fingerprint density at radius 2 is 1.54 bits per heavy atom. The quantitative estimate of drug-likeness (QED) is 0.299. The van der Waals surface area contributed by atoms with E-state index < -0.39 is 35.6 Å². The second-order valence-electron chi connectivity index (χ2n) is 11.2. The monoisotopic (exact) mass is 559 g/mol. The third-order valence-corrected chi connectivity index (χ3v) is 6.72. The number of nitrogens with one attached hydrogen (secondary N) is 2. The Morgan fingerprint density at radius 3 is 2.10 bits per heavy atom. The van der Waals surface area contributed by atoms with Gasteiger partial charge in [-0.15, -0.1) is 0 Å². The molecule has 3 N–H and O–H groups in total. The molecule has 0 saturated carbocycles. The number of phenols is 1. The number of carbonyl (C=O) groups is 3. The van der Waals surface area contributed by atoms with Crippen molar-refractivity contribution in [3.63, 3.8) is 0 Å². The second-order valence-corrected chi connectivity index (χ2v) is 11.2. The van der Waals surface area contributed by atoms with Gasteiger partial charge in [0, 0.05) is 18.7 Å². The number of carbonyl (C=O) groups excluding carboxylic acids is 3. The Kier molecular flexibility index (Phi) is 10.2. The number of alkyl carbamates (subject to hydrolysis) is 1. The van der Waals surface area contributed by atoms with E-state index >= 15 is 0 Å². The zero-order valence-electron chi connectivity index (χ0n) is 24.9. The maximum absolute atomic E-state index is 14.3. The molecular weight excluding hydrogens is 518 g/mol. The Bertz CT molecular complexity index is 1360. The first-order valence-corrected chi connectivity index (χ1v) is 13.8. The molecule has 0 bridgehead atoms. The van der Waals surface area contributed by atoms with Gasteiger partial charge < -0.3 is 25.4 Å². The molecule has 0 spiro atoms. The fraction of sp³-hybridized carbons (Fsp3) is 0.364. The summed E-state index contributed by atoms with van der Waals surface area (Å²) in [5.41, 5.74) is 3.65. The summed E-state index contributed by atoms with van der Waals surface area (Å²) >= 11 is 0. The highest BCUT2D eigenvalue weighted by molar-refractivity contribution is 6.00. The Morgan fingerprint density at radius 1 is 0.902 bits per heavy atom. The van der Waals surface area contributed by atoms with Crippen molar-refractivity contribution in [2.45, 2.75) is 72.6 Å². The van der Waals surface area contributed by atoms with Crippen molar-refractivity contribution in [3.05, 3.63) is 94.5 Å². The van der Waals surface area contributed by atoms with Crippen LogP contribution in [0.1, 0.15) is 61.6 Å². The molecule has 41 heavy (non-hydrogen) atoms. The minimum atomic E-state index is -1.04. The third kappa shape index (κ3) is 8.33. The van der Waals surface area contributed by atoms with Crippen LogP contribution in [0.3, 0.4) is 0 Å². The predicted molar refractivity (Wildman–Crippen MR) is 161 cm³/mol. The van der Waals surface area contributed by atoms with E-state index in [9.17, 15) is 19.5 Å². The molecule has 0 radical (unpaired) electrons. The number of para-hydroxylation sites is 1. The molecule has 3 aromatic carbocycles. The van der Waals surface area contributed by atoms with Gasteiger partial charge in [0.1, 0.15) is 23.4 Å². The summed E-state index contributed by atoms with van der Waals surface area (Å²) in [6.07, 6.45) is -0.519. The van der Waals surface area contributed by atoms with Crippen LogP contribution in [0.15, 0.2) is 66.7 Å². The summed E-state index contributed by atoms with van der Waals surface area (Å²) in [5.74, 6) is -0.751. The molecule has 0 aliphatic heterocycles. The number of amides is 3. The van der Waals surface area contributed by atoms with Gasteiger partial charge in [0.25, 0.3) is 5.91 Å². The summed E-state index contributed by atoms with van der Waals surface area (Å²) in [6.45, 7) is 12.8. The number of benzene rings is 3. The molecular formula is C33H41N3O5. The average Bonchev–Trinajstić information content (AvgIpc) is 2.90. The number of aryl methyl sites for hydroxylation is 3. The van der Waals surface area contributed by atoms with Gasteiger partial charge in [0.05, 0.1) is 0 Å². The van der Waals surface area contributed by atoms with E-state index in [0.717, 1.165) is 16.7 Å². The van der Waals surface area contributed by atoms with E-state index in [0.29, 0.717) is 16.8 Å². The van der Waals surface area contributed by atoms with Crippen molar-refractivity contribution in [2.24, 2.45) is 0 Å². The summed E-state index contributed by atoms with van der Waals surface area (Å²) in [5, 5.41) is 16.0. The van der Waals surface area contributed by atoms with Crippen LogP contribution in [0.2, 0.25) is 0 Å². The van der Waals surface area contributed by atoms with Gasteiger partial charge in [-0.1, -0.05) is 54.6 Å². The maximum atomic E-state index is 14.3. The number of ether oxygens (including phenoxy) is 1. The zero-order chi connectivity index (χ0) is 30.3. The van der Waals surface area contributed by atoms with Crippen molar-refractivity contribution in [2.75, 3.05) is 11.9 Å². The lowest BCUT2D eigenvalue weighted by atomic mass is 9.98. The maximum Gasteiger partial charge on any atom is 0.408 e. The van der Waals surface area contributed by atoms with E-state index in [1.165, 1.54) is 11.0 Å². The van der Waals surface area contributed by atoms with E-state index in [1.54, 1.807) is 46.8 Å². The van der Waals surface area contributed by atoms with Gasteiger partial charge in [0.15, 0.2) is 0 Å². The molecule has 8 nitrogen and oxygen atoms in total. The number of rotatable bonds is 9. The van der Waals surface area contributed by atoms with Crippen molar-refractivity contribution in [3.8, 4) is 5.75 Å². The SMILES string of the molecule is CCN(C(=O)C(Cc1ccccc1)NC(=O)OC(C)(C)C)C(C(=O)Nc1c(C)cccc1C)c1ccc(O)c(C)c1. The topological polar surface area (TPSA) is 108 Å². The van der Waals surface area contributed by atoms with E-state index in [2.05, 4.69) is 10.6 Å². The lowest BCUT2D eigenvalue weighted by Gasteiger charge is -2.34. The van der Waals surface area contributed by atoms with E-state index in [1.807, 2.05) is 62.4 Å². The predicted octanol–water partition coefficient (Wildman–Crippen LogP) is 5.98. The highest BCUT2D eigenvalue weighted by Gasteiger charge is 2.36. The molecule has 0 aliphatic rings.